The summed E-state index contributed by atoms with van der Waals surface area (Å²) in [5.74, 6) is 0.581. The van der Waals surface area contributed by atoms with Crippen LogP contribution in [-0.2, 0) is 15.6 Å². The van der Waals surface area contributed by atoms with E-state index in [9.17, 15) is 13.2 Å². The second-order valence-corrected chi connectivity index (χ2v) is 9.61. The number of hydrogen-bond donors (Lipinski definition) is 2. The maximum atomic E-state index is 13.1. The van der Waals surface area contributed by atoms with E-state index in [0.29, 0.717) is 24.6 Å². The number of carbonyl (C=O) groups is 1. The van der Waals surface area contributed by atoms with Gasteiger partial charge in [-0.2, -0.15) is 4.98 Å². The van der Waals surface area contributed by atoms with E-state index in [0.717, 1.165) is 25.7 Å². The van der Waals surface area contributed by atoms with E-state index in [1.807, 2.05) is 0 Å². The van der Waals surface area contributed by atoms with Gasteiger partial charge >= 0.3 is 0 Å². The maximum Gasteiger partial charge on any atom is 0.252 e. The van der Waals surface area contributed by atoms with Crippen LogP contribution in [0, 0.1) is 6.92 Å². The molecule has 9 heteroatoms. The Morgan fingerprint density at radius 2 is 1.86 bits per heavy atom. The Balaban J connectivity index is 1.90. The van der Waals surface area contributed by atoms with Crippen molar-refractivity contribution >= 4 is 15.9 Å². The molecule has 0 saturated heterocycles. The van der Waals surface area contributed by atoms with Crippen LogP contribution in [-0.4, -0.2) is 30.5 Å². The second kappa shape index (κ2) is 8.62. The summed E-state index contributed by atoms with van der Waals surface area (Å²) in [6.07, 6.45) is 5.49. The number of benzene rings is 1. The number of rotatable bonds is 6. The van der Waals surface area contributed by atoms with Crippen molar-refractivity contribution in [3.63, 3.8) is 0 Å². The Hall–Kier alpha value is -2.26. The molecule has 3 rings (SSSR count). The molecular weight excluding hydrogens is 392 g/mol. The number of amides is 1. The number of aryl methyl sites for hydroxylation is 1. The van der Waals surface area contributed by atoms with Crippen LogP contribution >= 0.6 is 0 Å². The van der Waals surface area contributed by atoms with Gasteiger partial charge in [0.05, 0.1) is 4.90 Å². The predicted molar refractivity (Wildman–Crippen MR) is 108 cm³/mol. The van der Waals surface area contributed by atoms with Crippen molar-refractivity contribution in [2.24, 2.45) is 0 Å². The molecule has 1 heterocycles. The molecule has 1 aliphatic rings. The van der Waals surface area contributed by atoms with E-state index in [1.165, 1.54) is 12.1 Å². The molecule has 1 fully saturated rings. The van der Waals surface area contributed by atoms with Crippen LogP contribution in [0.5, 0.6) is 0 Å². The Kier molecular flexibility index (Phi) is 6.38. The Morgan fingerprint density at radius 1 is 1.17 bits per heavy atom. The van der Waals surface area contributed by atoms with E-state index in [-0.39, 0.29) is 22.4 Å². The number of hydrogen-bond acceptors (Lipinski definition) is 6. The molecule has 0 bridgehead atoms. The second-order valence-electron chi connectivity index (χ2n) is 7.89. The Bertz CT molecular complexity index is 960. The number of nitrogens with zero attached hydrogens (tertiary/aromatic N) is 2. The first-order valence-corrected chi connectivity index (χ1v) is 11.5. The van der Waals surface area contributed by atoms with Gasteiger partial charge in [0.15, 0.2) is 5.82 Å². The van der Waals surface area contributed by atoms with Crippen molar-refractivity contribution in [3.8, 4) is 0 Å². The van der Waals surface area contributed by atoms with E-state index >= 15 is 0 Å². The molecule has 8 nitrogen and oxygen atoms in total. The predicted octanol–water partition coefficient (Wildman–Crippen LogP) is 3.04. The summed E-state index contributed by atoms with van der Waals surface area (Å²) < 4.78 is 32.6. The fraction of sp³-hybridized carbons (Fsp3) is 0.550. The molecule has 0 atom stereocenters. The zero-order valence-electron chi connectivity index (χ0n) is 17.1. The summed E-state index contributed by atoms with van der Waals surface area (Å²) >= 11 is 0. The van der Waals surface area contributed by atoms with Crippen LogP contribution in [0.4, 0.5) is 0 Å². The lowest BCUT2D eigenvalue weighted by Gasteiger charge is -2.30. The van der Waals surface area contributed by atoms with Crippen molar-refractivity contribution in [3.05, 3.63) is 41.5 Å². The monoisotopic (exact) mass is 420 g/mol. The third-order valence-corrected chi connectivity index (χ3v) is 6.72. The number of sulfonamides is 1. The summed E-state index contributed by atoms with van der Waals surface area (Å²) in [6, 6.07) is 5.81. The summed E-state index contributed by atoms with van der Waals surface area (Å²) in [7, 11) is -3.69. The number of nitrogens with one attached hydrogen (secondary N) is 2. The molecule has 0 radical (unpaired) electrons. The summed E-state index contributed by atoms with van der Waals surface area (Å²) in [5, 5.41) is 7.18. The summed E-state index contributed by atoms with van der Waals surface area (Å²) in [5.41, 5.74) is -0.434. The van der Waals surface area contributed by atoms with Crippen molar-refractivity contribution in [1.29, 1.82) is 0 Å². The third-order valence-electron chi connectivity index (χ3n) is 5.06. The molecule has 29 heavy (non-hydrogen) atoms. The molecule has 2 N–H and O–H groups in total. The first-order valence-electron chi connectivity index (χ1n) is 9.98. The van der Waals surface area contributed by atoms with E-state index in [4.69, 9.17) is 4.52 Å². The van der Waals surface area contributed by atoms with Gasteiger partial charge in [0.2, 0.25) is 15.9 Å². The van der Waals surface area contributed by atoms with Crippen LogP contribution in [0.15, 0.2) is 33.7 Å². The Morgan fingerprint density at radius 3 is 2.45 bits per heavy atom. The van der Waals surface area contributed by atoms with Crippen LogP contribution in [0.1, 0.15) is 74.4 Å². The molecule has 1 amide bonds. The lowest BCUT2D eigenvalue weighted by atomic mass is 9.88. The molecular formula is C20H28N4O4S. The first kappa shape index (κ1) is 21.4. The average Bonchev–Trinajstić information content (AvgIpc) is 2.96. The van der Waals surface area contributed by atoms with Crippen molar-refractivity contribution in [2.75, 3.05) is 0 Å². The van der Waals surface area contributed by atoms with Gasteiger partial charge < -0.3 is 9.84 Å². The van der Waals surface area contributed by atoms with Gasteiger partial charge in [-0.05, 0) is 44.9 Å². The highest BCUT2D eigenvalue weighted by atomic mass is 32.2. The minimum atomic E-state index is -3.69. The van der Waals surface area contributed by atoms with E-state index in [1.54, 1.807) is 32.9 Å². The molecule has 0 unspecified atom stereocenters. The minimum absolute atomic E-state index is 0.0594. The zero-order valence-corrected chi connectivity index (χ0v) is 17.9. The van der Waals surface area contributed by atoms with Crippen LogP contribution in [0.2, 0.25) is 0 Å². The smallest absolute Gasteiger partial charge is 0.252 e. The quantitative estimate of drug-likeness (QED) is 0.694. The molecule has 0 aliphatic heterocycles. The minimum Gasteiger partial charge on any atom is -0.340 e. The molecule has 1 aromatic heterocycles. The first-order chi connectivity index (χ1) is 13.7. The molecule has 1 saturated carbocycles. The van der Waals surface area contributed by atoms with Gasteiger partial charge in [0, 0.05) is 18.5 Å². The lowest BCUT2D eigenvalue weighted by molar-refractivity contribution is 0.0876. The zero-order chi connectivity index (χ0) is 21.1. The standard InChI is InChI=1S/C20H28N4O4S/c1-14(2)24-29(26,27)17-10-8-9-16(13-17)18(25)22-20(11-6-4-5-7-12-20)19-21-15(3)28-23-19/h8-10,13-14,24H,4-7,11-12H2,1-3H3,(H,22,25). The van der Waals surface area contributed by atoms with Gasteiger partial charge in [-0.3, -0.25) is 4.79 Å². The topological polar surface area (TPSA) is 114 Å². The molecule has 2 aromatic rings. The highest BCUT2D eigenvalue weighted by molar-refractivity contribution is 7.89. The molecule has 158 valence electrons. The fourth-order valence-electron chi connectivity index (χ4n) is 3.70. The van der Waals surface area contributed by atoms with Gasteiger partial charge in [-0.15, -0.1) is 0 Å². The third kappa shape index (κ3) is 5.02. The van der Waals surface area contributed by atoms with E-state index < -0.39 is 15.6 Å². The van der Waals surface area contributed by atoms with Gasteiger partial charge in [-0.1, -0.05) is 36.9 Å². The average molecular weight is 421 g/mol. The summed E-state index contributed by atoms with van der Waals surface area (Å²) in [6.45, 7) is 5.21. The van der Waals surface area contributed by atoms with Gasteiger partial charge in [0.1, 0.15) is 5.54 Å². The van der Waals surface area contributed by atoms with Gasteiger partial charge in [0.25, 0.3) is 5.91 Å². The lowest BCUT2D eigenvalue weighted by Crippen LogP contribution is -2.46. The highest BCUT2D eigenvalue weighted by Gasteiger charge is 2.39. The maximum absolute atomic E-state index is 13.1. The number of aromatic nitrogens is 2. The van der Waals surface area contributed by atoms with Crippen LogP contribution < -0.4 is 10.0 Å². The van der Waals surface area contributed by atoms with Crippen LogP contribution in [0.3, 0.4) is 0 Å². The van der Waals surface area contributed by atoms with Crippen molar-refractivity contribution < 1.29 is 17.7 Å². The fourth-order valence-corrected chi connectivity index (χ4v) is 5.00. The van der Waals surface area contributed by atoms with Crippen molar-refractivity contribution in [1.82, 2.24) is 20.2 Å². The molecule has 1 aromatic carbocycles. The normalized spacial score (nSPS) is 17.1. The van der Waals surface area contributed by atoms with E-state index in [2.05, 4.69) is 20.2 Å². The molecule has 0 spiro atoms. The van der Waals surface area contributed by atoms with Gasteiger partial charge in [-0.25, -0.2) is 13.1 Å². The van der Waals surface area contributed by atoms with Crippen molar-refractivity contribution in [2.45, 2.75) is 75.8 Å². The molecule has 1 aliphatic carbocycles. The summed E-state index contributed by atoms with van der Waals surface area (Å²) in [4.78, 5) is 17.5. The number of carbonyl (C=O) groups excluding carboxylic acids is 1. The highest BCUT2D eigenvalue weighted by Crippen LogP contribution is 2.35. The SMILES string of the molecule is Cc1nc(C2(NC(=O)c3cccc(S(=O)(=O)NC(C)C)c3)CCCCCC2)no1. The Labute approximate surface area is 171 Å². The largest absolute Gasteiger partial charge is 0.340 e. The van der Waals surface area contributed by atoms with Crippen LogP contribution in [0.25, 0.3) is 0 Å².